The van der Waals surface area contributed by atoms with Crippen LogP contribution in [0.15, 0.2) is 17.7 Å². The van der Waals surface area contributed by atoms with Crippen LogP contribution in [-0.2, 0) is 11.3 Å². The third kappa shape index (κ3) is 4.13. The van der Waals surface area contributed by atoms with E-state index in [2.05, 4.69) is 21.7 Å². The lowest BCUT2D eigenvalue weighted by molar-refractivity contribution is -0.439. The molecule has 0 amide bonds. The number of halogens is 1. The highest BCUT2D eigenvalue weighted by molar-refractivity contribution is 7.15. The standard InChI is InChI=1S/C17H25ClN4O3S/c1-3-4-5-8-25-14-9-12(2)15(22(23)24)16-20(6-7-21(14)16)11-13-10-19-17(18)26-13/h10,12,14H,3-9,11H2,1-2H3. The number of hydrogen-bond acceptors (Lipinski definition) is 7. The van der Waals surface area contributed by atoms with Gasteiger partial charge in [-0.15, -0.1) is 11.3 Å². The van der Waals surface area contributed by atoms with E-state index in [4.69, 9.17) is 16.3 Å². The Morgan fingerprint density at radius 3 is 2.92 bits per heavy atom. The molecular formula is C17H25ClN4O3S. The Hall–Kier alpha value is -1.38. The van der Waals surface area contributed by atoms with Crippen molar-refractivity contribution >= 4 is 22.9 Å². The Bertz CT molecular complexity index is 681. The molecule has 2 atom stereocenters. The van der Waals surface area contributed by atoms with Gasteiger partial charge < -0.3 is 14.5 Å². The van der Waals surface area contributed by atoms with E-state index in [9.17, 15) is 10.1 Å². The van der Waals surface area contributed by atoms with Gasteiger partial charge in [-0.1, -0.05) is 38.3 Å². The minimum Gasteiger partial charge on any atom is -0.358 e. The third-order valence-corrected chi connectivity index (χ3v) is 6.01. The first-order valence-corrected chi connectivity index (χ1v) is 10.3. The van der Waals surface area contributed by atoms with Crippen molar-refractivity contribution in [3.8, 4) is 0 Å². The van der Waals surface area contributed by atoms with E-state index in [1.54, 1.807) is 6.20 Å². The van der Waals surface area contributed by atoms with E-state index < -0.39 is 0 Å². The highest BCUT2D eigenvalue weighted by Gasteiger charge is 2.45. The maximum atomic E-state index is 11.7. The van der Waals surface area contributed by atoms with Gasteiger partial charge in [-0.2, -0.15) is 0 Å². The number of nitro groups is 1. The molecule has 1 fully saturated rings. The summed E-state index contributed by atoms with van der Waals surface area (Å²) in [5.41, 5.74) is 0.298. The second kappa shape index (κ2) is 8.54. The van der Waals surface area contributed by atoms with Gasteiger partial charge in [0.15, 0.2) is 10.3 Å². The molecule has 0 radical (unpaired) electrons. The van der Waals surface area contributed by atoms with Crippen LogP contribution >= 0.6 is 22.9 Å². The molecule has 7 nitrogen and oxygen atoms in total. The fourth-order valence-corrected chi connectivity index (χ4v) is 4.66. The summed E-state index contributed by atoms with van der Waals surface area (Å²) in [7, 11) is 0. The van der Waals surface area contributed by atoms with Crippen LogP contribution in [0.4, 0.5) is 0 Å². The number of thiazole rings is 1. The zero-order valence-corrected chi connectivity index (χ0v) is 16.8. The highest BCUT2D eigenvalue weighted by atomic mass is 35.5. The molecule has 0 spiro atoms. The molecule has 0 N–H and O–H groups in total. The van der Waals surface area contributed by atoms with Gasteiger partial charge in [0.1, 0.15) is 6.23 Å². The van der Waals surface area contributed by atoms with Crippen molar-refractivity contribution in [1.82, 2.24) is 14.8 Å². The average Bonchev–Trinajstić information content (AvgIpc) is 3.18. The fraction of sp³-hybridized carbons (Fsp3) is 0.706. The van der Waals surface area contributed by atoms with E-state index in [-0.39, 0.29) is 17.1 Å². The van der Waals surface area contributed by atoms with Crippen LogP contribution in [0.1, 0.15) is 44.4 Å². The predicted octanol–water partition coefficient (Wildman–Crippen LogP) is 3.93. The number of aromatic nitrogens is 1. The van der Waals surface area contributed by atoms with Crippen molar-refractivity contribution < 1.29 is 9.66 Å². The molecule has 1 aromatic rings. The lowest BCUT2D eigenvalue weighted by Gasteiger charge is -2.37. The number of unbranched alkanes of at least 4 members (excludes halogenated alkanes) is 2. The molecule has 0 aliphatic carbocycles. The first-order chi connectivity index (χ1) is 12.5. The summed E-state index contributed by atoms with van der Waals surface area (Å²) in [6.07, 6.45) is 5.63. The molecule has 0 aromatic carbocycles. The summed E-state index contributed by atoms with van der Waals surface area (Å²) in [4.78, 5) is 20.7. The summed E-state index contributed by atoms with van der Waals surface area (Å²) < 4.78 is 6.61. The number of rotatable bonds is 8. The van der Waals surface area contributed by atoms with Crippen LogP contribution in [0, 0.1) is 16.0 Å². The number of nitrogens with zero attached hydrogens (tertiary/aromatic N) is 4. The van der Waals surface area contributed by atoms with Crippen molar-refractivity contribution in [3.05, 3.63) is 37.2 Å². The lowest BCUT2D eigenvalue weighted by Crippen LogP contribution is -2.43. The zero-order valence-electron chi connectivity index (χ0n) is 15.2. The summed E-state index contributed by atoms with van der Waals surface area (Å²) >= 11 is 7.34. The van der Waals surface area contributed by atoms with Crippen molar-refractivity contribution in [2.24, 2.45) is 5.92 Å². The van der Waals surface area contributed by atoms with Gasteiger partial charge in [0.25, 0.3) is 5.70 Å². The minimum absolute atomic E-state index is 0.0874. The lowest BCUT2D eigenvalue weighted by atomic mass is 9.98. The maximum absolute atomic E-state index is 11.7. The van der Waals surface area contributed by atoms with Crippen LogP contribution < -0.4 is 0 Å². The summed E-state index contributed by atoms with van der Waals surface area (Å²) in [6.45, 7) is 6.85. The molecule has 26 heavy (non-hydrogen) atoms. The van der Waals surface area contributed by atoms with E-state index in [1.165, 1.54) is 11.3 Å². The minimum atomic E-state index is -0.224. The Labute approximate surface area is 162 Å². The molecule has 2 aliphatic heterocycles. The molecule has 3 rings (SSSR count). The van der Waals surface area contributed by atoms with Crippen molar-refractivity contribution in [1.29, 1.82) is 0 Å². The third-order valence-electron chi connectivity index (χ3n) is 4.91. The van der Waals surface area contributed by atoms with Gasteiger partial charge >= 0.3 is 0 Å². The van der Waals surface area contributed by atoms with E-state index in [0.29, 0.717) is 35.6 Å². The molecule has 0 saturated carbocycles. The van der Waals surface area contributed by atoms with Gasteiger partial charge in [0.05, 0.1) is 17.4 Å². The Morgan fingerprint density at radius 1 is 1.46 bits per heavy atom. The molecule has 1 aromatic heterocycles. The topological polar surface area (TPSA) is 71.7 Å². The number of allylic oxidation sites excluding steroid dienone is 1. The van der Waals surface area contributed by atoms with Crippen LogP contribution in [-0.4, -0.2) is 45.6 Å². The molecule has 2 unspecified atom stereocenters. The zero-order chi connectivity index (χ0) is 18.7. The Morgan fingerprint density at radius 2 is 2.27 bits per heavy atom. The van der Waals surface area contributed by atoms with Gasteiger partial charge in [-0.05, 0) is 6.42 Å². The molecule has 9 heteroatoms. The van der Waals surface area contributed by atoms with Crippen LogP contribution in [0.25, 0.3) is 0 Å². The van der Waals surface area contributed by atoms with Gasteiger partial charge in [-0.25, -0.2) is 4.98 Å². The van der Waals surface area contributed by atoms with Gasteiger partial charge in [0, 0.05) is 37.2 Å². The van der Waals surface area contributed by atoms with Crippen LogP contribution in [0.5, 0.6) is 0 Å². The van der Waals surface area contributed by atoms with Crippen LogP contribution in [0.3, 0.4) is 0 Å². The fourth-order valence-electron chi connectivity index (χ4n) is 3.66. The quantitative estimate of drug-likeness (QED) is 0.374. The van der Waals surface area contributed by atoms with Gasteiger partial charge in [0.2, 0.25) is 0 Å². The number of ether oxygens (including phenoxy) is 1. The summed E-state index contributed by atoms with van der Waals surface area (Å²) in [5.74, 6) is 0.567. The SMILES string of the molecule is CCCCCOC1CC(C)C([N+](=O)[O-])=C2N(Cc3cnc(Cl)s3)CCN21. The molecule has 1 saturated heterocycles. The normalized spacial score (nSPS) is 22.9. The monoisotopic (exact) mass is 400 g/mol. The molecule has 2 aliphatic rings. The molecule has 0 bridgehead atoms. The summed E-state index contributed by atoms with van der Waals surface area (Å²) in [5, 5.41) is 11.7. The smallest absolute Gasteiger partial charge is 0.289 e. The van der Waals surface area contributed by atoms with Crippen molar-refractivity contribution in [2.75, 3.05) is 19.7 Å². The molecular weight excluding hydrogens is 376 g/mol. The largest absolute Gasteiger partial charge is 0.358 e. The average molecular weight is 401 g/mol. The van der Waals surface area contributed by atoms with Crippen molar-refractivity contribution in [3.63, 3.8) is 0 Å². The second-order valence-corrected chi connectivity index (χ2v) is 8.53. The van der Waals surface area contributed by atoms with Crippen LogP contribution in [0.2, 0.25) is 4.47 Å². The number of hydrogen-bond donors (Lipinski definition) is 0. The molecule has 144 valence electrons. The Kier molecular flexibility index (Phi) is 6.37. The summed E-state index contributed by atoms with van der Waals surface area (Å²) in [6, 6.07) is 0. The van der Waals surface area contributed by atoms with Gasteiger partial charge in [-0.3, -0.25) is 10.1 Å². The first-order valence-electron chi connectivity index (χ1n) is 9.13. The predicted molar refractivity (Wildman–Crippen MR) is 101 cm³/mol. The van der Waals surface area contributed by atoms with E-state index in [0.717, 1.165) is 37.2 Å². The Balaban J connectivity index is 1.80. The maximum Gasteiger partial charge on any atom is 0.289 e. The number of fused-ring (bicyclic) bond motifs is 1. The first kappa shape index (κ1) is 19.4. The highest BCUT2D eigenvalue weighted by Crippen LogP contribution is 2.38. The van der Waals surface area contributed by atoms with E-state index in [1.807, 2.05) is 6.92 Å². The van der Waals surface area contributed by atoms with E-state index >= 15 is 0 Å². The van der Waals surface area contributed by atoms with Crippen molar-refractivity contribution in [2.45, 2.75) is 52.3 Å². The molecule has 3 heterocycles. The second-order valence-electron chi connectivity index (χ2n) is 6.83.